The third kappa shape index (κ3) is 2.26. The monoisotopic (exact) mass is 249 g/mol. The Morgan fingerprint density at radius 2 is 2.29 bits per heavy atom. The first kappa shape index (κ1) is 11.5. The van der Waals surface area contributed by atoms with Gasteiger partial charge in [0.2, 0.25) is 0 Å². The van der Waals surface area contributed by atoms with Gasteiger partial charge in [0.1, 0.15) is 10.2 Å². The van der Waals surface area contributed by atoms with Crippen molar-refractivity contribution in [1.29, 1.82) is 0 Å². The number of carbonyl (C=O) groups excluding carboxylic acids is 1. The van der Waals surface area contributed by atoms with Crippen LogP contribution in [0.15, 0.2) is 24.4 Å². The predicted octanol–water partition coefficient (Wildman–Crippen LogP) is 2.31. The van der Waals surface area contributed by atoms with Gasteiger partial charge in [-0.2, -0.15) is 0 Å². The number of esters is 1. The van der Waals surface area contributed by atoms with E-state index < -0.39 is 5.97 Å². The maximum atomic E-state index is 11.8. The number of hydrogen-bond donors (Lipinski definition) is 2. The van der Waals surface area contributed by atoms with E-state index in [4.69, 9.17) is 17.0 Å². The fourth-order valence-electron chi connectivity index (χ4n) is 1.46. The Balaban J connectivity index is 2.50. The van der Waals surface area contributed by atoms with Crippen LogP contribution in [0.25, 0.3) is 11.4 Å². The Kier molecular flexibility index (Phi) is 3.34. The second-order valence-corrected chi connectivity index (χ2v) is 3.67. The van der Waals surface area contributed by atoms with E-state index in [2.05, 4.69) is 15.2 Å². The molecule has 0 aliphatic heterocycles. The number of pyridine rings is 1. The predicted molar refractivity (Wildman–Crippen MR) is 65.2 cm³/mol. The van der Waals surface area contributed by atoms with Crippen LogP contribution in [0, 0.1) is 4.64 Å². The van der Waals surface area contributed by atoms with E-state index in [1.54, 1.807) is 25.3 Å². The zero-order valence-electron chi connectivity index (χ0n) is 9.19. The van der Waals surface area contributed by atoms with Crippen LogP contribution in [-0.2, 0) is 4.74 Å². The highest BCUT2D eigenvalue weighted by Gasteiger charge is 2.18. The summed E-state index contributed by atoms with van der Waals surface area (Å²) in [5.41, 5.74) is 1.51. The fourth-order valence-corrected chi connectivity index (χ4v) is 1.69. The molecule has 5 nitrogen and oxygen atoms in total. The van der Waals surface area contributed by atoms with Crippen LogP contribution in [0.2, 0.25) is 0 Å². The summed E-state index contributed by atoms with van der Waals surface area (Å²) < 4.78 is 5.28. The molecule has 2 rings (SSSR count). The zero-order valence-corrected chi connectivity index (χ0v) is 10.0. The highest BCUT2D eigenvalue weighted by Crippen LogP contribution is 2.20. The minimum Gasteiger partial charge on any atom is -0.462 e. The minimum atomic E-state index is -0.448. The van der Waals surface area contributed by atoms with Gasteiger partial charge in [-0.15, -0.1) is 0 Å². The molecule has 0 amide bonds. The minimum absolute atomic E-state index is 0.306. The lowest BCUT2D eigenvalue weighted by molar-refractivity contribution is 0.0526. The molecular weight excluding hydrogens is 238 g/mol. The quantitative estimate of drug-likeness (QED) is 0.647. The van der Waals surface area contributed by atoms with Crippen molar-refractivity contribution in [2.75, 3.05) is 6.61 Å². The van der Waals surface area contributed by atoms with E-state index >= 15 is 0 Å². The molecule has 0 radical (unpaired) electrons. The molecule has 0 aromatic carbocycles. The Bertz CT molecular complexity index is 574. The highest BCUT2D eigenvalue weighted by atomic mass is 32.1. The van der Waals surface area contributed by atoms with Crippen LogP contribution in [0.3, 0.4) is 0 Å². The molecule has 0 atom stereocenters. The third-order valence-corrected chi connectivity index (χ3v) is 2.48. The largest absolute Gasteiger partial charge is 0.462 e. The molecule has 0 spiro atoms. The average molecular weight is 249 g/mol. The standard InChI is InChI=1S/C11H11N3O2S/c1-2-16-11(15)8-9(13-14-10(8)17)7-5-3-4-6-12-7/h3-6H,2H2,1H3,(H2,13,14,17). The summed E-state index contributed by atoms with van der Waals surface area (Å²) in [6.07, 6.45) is 1.65. The highest BCUT2D eigenvalue weighted by molar-refractivity contribution is 7.71. The van der Waals surface area contributed by atoms with Gasteiger partial charge in [0, 0.05) is 6.20 Å². The lowest BCUT2D eigenvalue weighted by Crippen LogP contribution is -2.06. The first-order chi connectivity index (χ1) is 8.24. The molecule has 0 bridgehead atoms. The Morgan fingerprint density at radius 3 is 2.94 bits per heavy atom. The molecule has 2 aromatic rings. The molecule has 6 heteroatoms. The summed E-state index contributed by atoms with van der Waals surface area (Å²) in [5, 5.41) is 5.56. The smallest absolute Gasteiger partial charge is 0.343 e. The number of ether oxygens (including phenoxy) is 1. The number of aromatic nitrogens is 3. The van der Waals surface area contributed by atoms with Crippen molar-refractivity contribution >= 4 is 18.2 Å². The number of hydrogen-bond acceptors (Lipinski definition) is 4. The summed E-state index contributed by atoms with van der Waals surface area (Å²) in [5.74, 6) is -0.448. The molecule has 2 N–H and O–H groups in total. The van der Waals surface area contributed by atoms with E-state index in [1.165, 1.54) is 0 Å². The second kappa shape index (κ2) is 4.92. The first-order valence-corrected chi connectivity index (χ1v) is 5.54. The van der Waals surface area contributed by atoms with Crippen molar-refractivity contribution in [2.45, 2.75) is 6.92 Å². The molecule has 0 saturated heterocycles. The van der Waals surface area contributed by atoms with Gasteiger partial charge in [0.05, 0.1) is 18.0 Å². The maximum Gasteiger partial charge on any atom is 0.343 e. The Hall–Kier alpha value is -1.95. The lowest BCUT2D eigenvalue weighted by atomic mass is 10.2. The average Bonchev–Trinajstić information content (AvgIpc) is 2.73. The summed E-state index contributed by atoms with van der Waals surface area (Å²) in [6.45, 7) is 2.05. The molecule has 0 aliphatic carbocycles. The number of carbonyl (C=O) groups is 1. The maximum absolute atomic E-state index is 11.8. The molecule has 0 aliphatic rings. The number of H-pyrrole nitrogens is 2. The SMILES string of the molecule is CCOC(=O)c1c(-c2ccccn2)[nH][nH]c1=S. The van der Waals surface area contributed by atoms with E-state index in [1.807, 2.05) is 6.07 Å². The topological polar surface area (TPSA) is 70.8 Å². The molecule has 17 heavy (non-hydrogen) atoms. The number of nitrogens with one attached hydrogen (secondary N) is 2. The molecule has 0 fully saturated rings. The summed E-state index contributed by atoms with van der Waals surface area (Å²) in [7, 11) is 0. The summed E-state index contributed by atoms with van der Waals surface area (Å²) in [4.78, 5) is 15.9. The van der Waals surface area contributed by atoms with Crippen LogP contribution >= 0.6 is 12.2 Å². The van der Waals surface area contributed by atoms with Crippen LogP contribution in [0.5, 0.6) is 0 Å². The van der Waals surface area contributed by atoms with E-state index in [9.17, 15) is 4.79 Å². The van der Waals surface area contributed by atoms with Crippen molar-refractivity contribution in [3.8, 4) is 11.4 Å². The van der Waals surface area contributed by atoms with Crippen LogP contribution in [0.1, 0.15) is 17.3 Å². The van der Waals surface area contributed by atoms with Crippen molar-refractivity contribution in [1.82, 2.24) is 15.2 Å². The van der Waals surface area contributed by atoms with Gasteiger partial charge in [0.15, 0.2) is 0 Å². The van der Waals surface area contributed by atoms with Crippen molar-refractivity contribution in [3.63, 3.8) is 0 Å². The lowest BCUT2D eigenvalue weighted by Gasteiger charge is -2.02. The van der Waals surface area contributed by atoms with Crippen LogP contribution < -0.4 is 0 Å². The van der Waals surface area contributed by atoms with Gasteiger partial charge < -0.3 is 4.74 Å². The molecule has 2 aromatic heterocycles. The van der Waals surface area contributed by atoms with Crippen molar-refractivity contribution in [3.05, 3.63) is 34.6 Å². The van der Waals surface area contributed by atoms with Gasteiger partial charge in [0.25, 0.3) is 0 Å². The van der Waals surface area contributed by atoms with Crippen LogP contribution in [0.4, 0.5) is 0 Å². The molecule has 0 saturated carbocycles. The van der Waals surface area contributed by atoms with Gasteiger partial charge in [-0.3, -0.25) is 15.2 Å². The second-order valence-electron chi connectivity index (χ2n) is 3.26. The fraction of sp³-hybridized carbons (Fsp3) is 0.182. The molecule has 88 valence electrons. The number of rotatable bonds is 3. The summed E-state index contributed by atoms with van der Waals surface area (Å²) >= 11 is 5.05. The first-order valence-electron chi connectivity index (χ1n) is 5.13. The molecule has 0 unspecified atom stereocenters. The van der Waals surface area contributed by atoms with Crippen LogP contribution in [-0.4, -0.2) is 27.8 Å². The van der Waals surface area contributed by atoms with E-state index in [0.717, 1.165) is 0 Å². The van der Waals surface area contributed by atoms with E-state index in [0.29, 0.717) is 28.2 Å². The van der Waals surface area contributed by atoms with Gasteiger partial charge in [-0.1, -0.05) is 18.3 Å². The number of aromatic amines is 2. The van der Waals surface area contributed by atoms with Gasteiger partial charge >= 0.3 is 5.97 Å². The Labute approximate surface area is 103 Å². The Morgan fingerprint density at radius 1 is 1.47 bits per heavy atom. The van der Waals surface area contributed by atoms with E-state index in [-0.39, 0.29) is 0 Å². The number of nitrogens with zero attached hydrogens (tertiary/aromatic N) is 1. The van der Waals surface area contributed by atoms with Crippen molar-refractivity contribution < 1.29 is 9.53 Å². The third-order valence-electron chi connectivity index (χ3n) is 2.18. The van der Waals surface area contributed by atoms with Crippen molar-refractivity contribution in [2.24, 2.45) is 0 Å². The molecular formula is C11H11N3O2S. The normalized spacial score (nSPS) is 10.2. The zero-order chi connectivity index (χ0) is 12.3. The molecule has 2 heterocycles. The van der Waals surface area contributed by atoms with Gasteiger partial charge in [-0.25, -0.2) is 4.79 Å². The summed E-state index contributed by atoms with van der Waals surface area (Å²) in [6, 6.07) is 5.42. The van der Waals surface area contributed by atoms with Gasteiger partial charge in [-0.05, 0) is 19.1 Å².